The molecule has 2 atom stereocenters. The highest BCUT2D eigenvalue weighted by atomic mass is 15.2. The molecule has 0 fully saturated rings. The first-order chi connectivity index (χ1) is 21.8. The number of nitrogens with one attached hydrogen (secondary N) is 2. The van der Waals surface area contributed by atoms with Gasteiger partial charge in [-0.25, -0.2) is 0 Å². The number of fused-ring (bicyclic) bond motifs is 4. The van der Waals surface area contributed by atoms with Gasteiger partial charge in [0.25, 0.3) is 0 Å². The quantitative estimate of drug-likeness (QED) is 0.166. The van der Waals surface area contributed by atoms with Crippen LogP contribution in [0.5, 0.6) is 0 Å². The first-order valence-corrected chi connectivity index (χ1v) is 15.0. The molecule has 0 aromatic heterocycles. The molecule has 0 spiro atoms. The van der Waals surface area contributed by atoms with Crippen LogP contribution in [0.3, 0.4) is 0 Å². The molecule has 7 aromatic rings. The fraction of sp³-hybridized carbons (Fsp3) is 0.0488. The third-order valence-electron chi connectivity index (χ3n) is 8.77. The van der Waals surface area contributed by atoms with E-state index in [0.717, 1.165) is 16.8 Å². The number of rotatable bonds is 4. The van der Waals surface area contributed by atoms with Gasteiger partial charge >= 0.3 is 0 Å². The van der Waals surface area contributed by atoms with E-state index in [1.165, 1.54) is 49.0 Å². The maximum absolute atomic E-state index is 9.37. The standard InChI is InChI=1S/C41H29N3/c42-26-27-18-20-29(21-19-27)32-14-8-9-17-35(32)38-25-39(44-41(43-38)30-11-2-1-3-12-30)40-34-16-7-5-13-31(34)24-37-33-15-6-4-10-28(33)22-23-36(37)40/h1-25,38,41,43-44H. The average Bonchev–Trinajstić information content (AvgIpc) is 3.11. The molecule has 208 valence electrons. The van der Waals surface area contributed by atoms with Gasteiger partial charge in [-0.3, -0.25) is 5.32 Å². The molecular formula is C41H29N3. The fourth-order valence-corrected chi connectivity index (χ4v) is 6.67. The zero-order valence-corrected chi connectivity index (χ0v) is 24.0. The van der Waals surface area contributed by atoms with E-state index >= 15 is 0 Å². The lowest BCUT2D eigenvalue weighted by Crippen LogP contribution is -2.39. The Kier molecular flexibility index (Phi) is 6.41. The molecule has 0 bridgehead atoms. The van der Waals surface area contributed by atoms with Crippen LogP contribution in [-0.4, -0.2) is 0 Å². The van der Waals surface area contributed by atoms with Crippen LogP contribution in [0.1, 0.15) is 34.5 Å². The minimum Gasteiger partial charge on any atom is -0.366 e. The number of nitrogens with zero attached hydrogens (tertiary/aromatic N) is 1. The monoisotopic (exact) mass is 563 g/mol. The third-order valence-corrected chi connectivity index (χ3v) is 8.77. The van der Waals surface area contributed by atoms with Crippen LogP contribution in [0.25, 0.3) is 49.1 Å². The minimum absolute atomic E-state index is 0.0715. The zero-order valence-electron chi connectivity index (χ0n) is 24.0. The Morgan fingerprint density at radius 1 is 0.568 bits per heavy atom. The lowest BCUT2D eigenvalue weighted by molar-refractivity contribution is 0.443. The van der Waals surface area contributed by atoms with Crippen LogP contribution < -0.4 is 10.6 Å². The van der Waals surface area contributed by atoms with Crippen molar-refractivity contribution in [1.29, 1.82) is 5.26 Å². The van der Waals surface area contributed by atoms with E-state index < -0.39 is 0 Å². The molecule has 1 aliphatic heterocycles. The highest BCUT2D eigenvalue weighted by Crippen LogP contribution is 2.40. The second-order valence-corrected chi connectivity index (χ2v) is 11.3. The molecule has 0 saturated carbocycles. The number of benzene rings is 7. The molecule has 7 aromatic carbocycles. The van der Waals surface area contributed by atoms with Crippen molar-refractivity contribution >= 4 is 38.0 Å². The summed E-state index contributed by atoms with van der Waals surface area (Å²) in [5.41, 5.74) is 7.58. The minimum atomic E-state index is -0.107. The molecular weight excluding hydrogens is 534 g/mol. The molecule has 0 radical (unpaired) electrons. The second-order valence-electron chi connectivity index (χ2n) is 11.3. The SMILES string of the molecule is N#Cc1ccc(-c2ccccc2C2C=C(c3c4ccccc4cc4c3ccc3ccccc34)NC(c3ccccc3)N2)cc1. The van der Waals surface area contributed by atoms with Gasteiger partial charge in [-0.15, -0.1) is 0 Å². The summed E-state index contributed by atoms with van der Waals surface area (Å²) in [6.07, 6.45) is 2.24. The molecule has 1 heterocycles. The van der Waals surface area contributed by atoms with E-state index in [0.29, 0.717) is 5.56 Å². The van der Waals surface area contributed by atoms with E-state index in [-0.39, 0.29) is 12.2 Å². The van der Waals surface area contributed by atoms with Crippen molar-refractivity contribution in [3.05, 3.63) is 174 Å². The molecule has 1 aliphatic rings. The molecule has 3 nitrogen and oxygen atoms in total. The van der Waals surface area contributed by atoms with Gasteiger partial charge < -0.3 is 5.32 Å². The molecule has 2 unspecified atom stereocenters. The van der Waals surface area contributed by atoms with Gasteiger partial charge in [0.05, 0.1) is 17.7 Å². The summed E-state index contributed by atoms with van der Waals surface area (Å²) >= 11 is 0. The molecule has 8 rings (SSSR count). The van der Waals surface area contributed by atoms with E-state index in [4.69, 9.17) is 0 Å². The Hall–Kier alpha value is -5.69. The largest absolute Gasteiger partial charge is 0.366 e. The van der Waals surface area contributed by atoms with Crippen molar-refractivity contribution in [2.75, 3.05) is 0 Å². The Labute approximate surface area is 256 Å². The maximum Gasteiger partial charge on any atom is 0.104 e. The maximum atomic E-state index is 9.37. The summed E-state index contributed by atoms with van der Waals surface area (Å²) in [6, 6.07) is 53.4. The van der Waals surface area contributed by atoms with Crippen molar-refractivity contribution in [2.45, 2.75) is 12.2 Å². The molecule has 44 heavy (non-hydrogen) atoms. The molecule has 0 amide bonds. The van der Waals surface area contributed by atoms with Crippen LogP contribution in [0, 0.1) is 11.3 Å². The van der Waals surface area contributed by atoms with Crippen molar-refractivity contribution in [1.82, 2.24) is 10.6 Å². The summed E-state index contributed by atoms with van der Waals surface area (Å²) in [7, 11) is 0. The summed E-state index contributed by atoms with van der Waals surface area (Å²) in [5, 5.41) is 24.6. The van der Waals surface area contributed by atoms with Crippen LogP contribution in [-0.2, 0) is 0 Å². The average molecular weight is 564 g/mol. The lowest BCUT2D eigenvalue weighted by atomic mass is 9.88. The van der Waals surface area contributed by atoms with Crippen molar-refractivity contribution in [3.8, 4) is 17.2 Å². The molecule has 0 aliphatic carbocycles. The van der Waals surface area contributed by atoms with Crippen LogP contribution in [0.4, 0.5) is 0 Å². The predicted octanol–water partition coefficient (Wildman–Crippen LogP) is 9.66. The smallest absolute Gasteiger partial charge is 0.104 e. The van der Waals surface area contributed by atoms with Gasteiger partial charge in [-0.2, -0.15) is 5.26 Å². The van der Waals surface area contributed by atoms with Gasteiger partial charge in [0.15, 0.2) is 0 Å². The predicted molar refractivity (Wildman–Crippen MR) is 182 cm³/mol. The van der Waals surface area contributed by atoms with Crippen molar-refractivity contribution in [2.24, 2.45) is 0 Å². The van der Waals surface area contributed by atoms with Crippen molar-refractivity contribution in [3.63, 3.8) is 0 Å². The topological polar surface area (TPSA) is 47.9 Å². The van der Waals surface area contributed by atoms with E-state index in [1.807, 2.05) is 24.3 Å². The van der Waals surface area contributed by atoms with Gasteiger partial charge in [0, 0.05) is 11.3 Å². The van der Waals surface area contributed by atoms with E-state index in [1.54, 1.807) is 0 Å². The Morgan fingerprint density at radius 3 is 2.09 bits per heavy atom. The highest BCUT2D eigenvalue weighted by molar-refractivity contribution is 6.17. The summed E-state index contributed by atoms with van der Waals surface area (Å²) in [6.45, 7) is 0. The van der Waals surface area contributed by atoms with Gasteiger partial charge in [0.2, 0.25) is 0 Å². The van der Waals surface area contributed by atoms with Gasteiger partial charge in [-0.05, 0) is 78.8 Å². The number of nitriles is 1. The Bertz CT molecular complexity index is 2240. The van der Waals surface area contributed by atoms with Gasteiger partial charge in [-0.1, -0.05) is 127 Å². The third kappa shape index (κ3) is 4.50. The van der Waals surface area contributed by atoms with E-state index in [2.05, 4.69) is 144 Å². The number of hydrogen-bond donors (Lipinski definition) is 2. The number of hydrogen-bond acceptors (Lipinski definition) is 3. The fourth-order valence-electron chi connectivity index (χ4n) is 6.67. The summed E-state index contributed by atoms with van der Waals surface area (Å²) < 4.78 is 0. The normalized spacial score (nSPS) is 16.4. The first kappa shape index (κ1) is 26.0. The highest BCUT2D eigenvalue weighted by Gasteiger charge is 2.27. The molecule has 0 saturated heterocycles. The first-order valence-electron chi connectivity index (χ1n) is 15.0. The Balaban J connectivity index is 1.37. The lowest BCUT2D eigenvalue weighted by Gasteiger charge is -2.34. The second kappa shape index (κ2) is 10.9. The molecule has 3 heteroatoms. The van der Waals surface area contributed by atoms with E-state index in [9.17, 15) is 5.26 Å². The van der Waals surface area contributed by atoms with Crippen molar-refractivity contribution < 1.29 is 0 Å². The van der Waals surface area contributed by atoms with Crippen LogP contribution in [0.15, 0.2) is 152 Å². The van der Waals surface area contributed by atoms with Crippen LogP contribution >= 0.6 is 0 Å². The zero-order chi connectivity index (χ0) is 29.5. The summed E-state index contributed by atoms with van der Waals surface area (Å²) in [5.74, 6) is 0. The Morgan fingerprint density at radius 2 is 1.27 bits per heavy atom. The van der Waals surface area contributed by atoms with Gasteiger partial charge in [0.1, 0.15) is 6.17 Å². The van der Waals surface area contributed by atoms with Crippen LogP contribution in [0.2, 0.25) is 0 Å². The molecule has 2 N–H and O–H groups in total. The summed E-state index contributed by atoms with van der Waals surface area (Å²) in [4.78, 5) is 0.